The number of nitrogens with zero attached hydrogens (tertiary/aromatic N) is 3. The molecule has 37 heavy (non-hydrogen) atoms. The van der Waals surface area contributed by atoms with Crippen LogP contribution in [0.5, 0.6) is 0 Å². The Bertz CT molecular complexity index is 1310. The van der Waals surface area contributed by atoms with E-state index in [1.165, 1.54) is 0 Å². The number of carboxylic acid groups (broad SMARTS) is 1. The maximum absolute atomic E-state index is 12.3. The molecule has 0 radical (unpaired) electrons. The summed E-state index contributed by atoms with van der Waals surface area (Å²) in [5.74, 6) is -1.80. The van der Waals surface area contributed by atoms with E-state index in [-0.39, 0.29) is 34.9 Å². The lowest BCUT2D eigenvalue weighted by Crippen LogP contribution is -2.38. The minimum absolute atomic E-state index is 0.0608. The minimum atomic E-state index is -0.834. The smallest absolute Gasteiger partial charge is 0.303 e. The summed E-state index contributed by atoms with van der Waals surface area (Å²) in [6, 6.07) is 13.7. The van der Waals surface area contributed by atoms with E-state index in [0.717, 1.165) is 41.5 Å². The van der Waals surface area contributed by atoms with E-state index in [4.69, 9.17) is 45.5 Å². The van der Waals surface area contributed by atoms with Gasteiger partial charge in [-0.3, -0.25) is 19.9 Å². The number of hydrogen-bond donors (Lipinski definition) is 5. The summed E-state index contributed by atoms with van der Waals surface area (Å²) in [5.41, 5.74) is 20.7. The number of anilines is 2. The third kappa shape index (κ3) is 8.06. The number of rotatable bonds is 10. The number of amides is 1. The quantitative estimate of drug-likeness (QED) is 0.145. The van der Waals surface area contributed by atoms with Gasteiger partial charge in [0.2, 0.25) is 0 Å². The third-order valence-electron chi connectivity index (χ3n) is 5.44. The lowest BCUT2D eigenvalue weighted by atomic mass is 9.99. The zero-order valence-electron chi connectivity index (χ0n) is 19.9. The van der Waals surface area contributed by atoms with E-state index in [1.807, 2.05) is 42.5 Å². The first-order valence-electron chi connectivity index (χ1n) is 11.4. The number of nitrogens with two attached hydrogens (primary N) is 3. The Morgan fingerprint density at radius 3 is 2.32 bits per heavy atom. The van der Waals surface area contributed by atoms with Gasteiger partial charge in [0.25, 0.3) is 5.91 Å². The molecule has 10 nitrogen and oxygen atoms in total. The molecule has 3 aromatic rings. The van der Waals surface area contributed by atoms with E-state index in [2.05, 4.69) is 20.3 Å². The number of aliphatic imine (C=N–C) groups is 1. The SMILES string of the molecule is NC(=NCCCCc1ccc(-c2ccc(CCC(=O)O)cc2Cl)cc1)NC(=O)c1nc(Cl)c(N)nc1N. The monoisotopic (exact) mass is 543 g/mol. The molecular formula is C25H27Cl2N7O3. The van der Waals surface area contributed by atoms with E-state index in [9.17, 15) is 9.59 Å². The van der Waals surface area contributed by atoms with Crippen LogP contribution in [0.1, 0.15) is 40.9 Å². The highest BCUT2D eigenvalue weighted by Crippen LogP contribution is 2.29. The summed E-state index contributed by atoms with van der Waals surface area (Å²) >= 11 is 12.2. The number of aromatic nitrogens is 2. The van der Waals surface area contributed by atoms with Crippen molar-refractivity contribution < 1.29 is 14.7 Å². The molecule has 0 aliphatic rings. The van der Waals surface area contributed by atoms with Crippen LogP contribution in [0.25, 0.3) is 11.1 Å². The van der Waals surface area contributed by atoms with Crippen molar-refractivity contribution in [1.29, 1.82) is 0 Å². The molecule has 0 saturated heterocycles. The molecule has 0 fully saturated rings. The maximum atomic E-state index is 12.3. The normalized spacial score (nSPS) is 11.4. The molecule has 0 unspecified atom stereocenters. The molecule has 0 bridgehead atoms. The molecular weight excluding hydrogens is 517 g/mol. The fourth-order valence-corrected chi connectivity index (χ4v) is 3.95. The number of hydrogen-bond acceptors (Lipinski definition) is 7. The molecule has 1 aromatic heterocycles. The van der Waals surface area contributed by atoms with Crippen LogP contribution in [0.15, 0.2) is 47.5 Å². The van der Waals surface area contributed by atoms with E-state index >= 15 is 0 Å². The van der Waals surface area contributed by atoms with E-state index in [0.29, 0.717) is 18.0 Å². The van der Waals surface area contributed by atoms with Crippen molar-refractivity contribution >= 4 is 52.7 Å². The number of halogens is 2. The lowest BCUT2D eigenvalue weighted by Gasteiger charge is -2.09. The topological polar surface area (TPSA) is 183 Å². The molecule has 1 heterocycles. The van der Waals surface area contributed by atoms with Gasteiger partial charge in [-0.1, -0.05) is 59.6 Å². The summed E-state index contributed by atoms with van der Waals surface area (Å²) < 4.78 is 0. The average molecular weight is 544 g/mol. The molecule has 8 N–H and O–H groups in total. The lowest BCUT2D eigenvalue weighted by molar-refractivity contribution is -0.136. The number of carbonyl (C=O) groups excluding carboxylic acids is 1. The van der Waals surface area contributed by atoms with Crippen LogP contribution >= 0.6 is 23.2 Å². The fourth-order valence-electron chi connectivity index (χ4n) is 3.51. The van der Waals surface area contributed by atoms with Crippen molar-refractivity contribution in [3.05, 3.63) is 69.5 Å². The Labute approximate surface area is 223 Å². The highest BCUT2D eigenvalue weighted by atomic mass is 35.5. The van der Waals surface area contributed by atoms with Crippen LogP contribution in [0.3, 0.4) is 0 Å². The van der Waals surface area contributed by atoms with Gasteiger partial charge < -0.3 is 22.3 Å². The van der Waals surface area contributed by atoms with Crippen LogP contribution < -0.4 is 22.5 Å². The Morgan fingerprint density at radius 1 is 0.946 bits per heavy atom. The van der Waals surface area contributed by atoms with Gasteiger partial charge in [0.05, 0.1) is 0 Å². The van der Waals surface area contributed by atoms with Gasteiger partial charge in [0.1, 0.15) is 0 Å². The fraction of sp³-hybridized carbons (Fsp3) is 0.240. The maximum Gasteiger partial charge on any atom is 0.303 e. The summed E-state index contributed by atoms with van der Waals surface area (Å²) in [4.78, 5) is 34.7. The summed E-state index contributed by atoms with van der Waals surface area (Å²) in [6.07, 6.45) is 2.99. The molecule has 0 aliphatic carbocycles. The van der Waals surface area contributed by atoms with Crippen molar-refractivity contribution in [2.75, 3.05) is 18.0 Å². The Morgan fingerprint density at radius 2 is 1.65 bits per heavy atom. The molecule has 12 heteroatoms. The Kier molecular flexibility index (Phi) is 9.64. The Hall–Kier alpha value is -3.89. The number of nitrogens with one attached hydrogen (secondary N) is 1. The van der Waals surface area contributed by atoms with Crippen LogP contribution in [0, 0.1) is 0 Å². The summed E-state index contributed by atoms with van der Waals surface area (Å²) in [7, 11) is 0. The number of nitrogen functional groups attached to an aromatic ring is 2. The zero-order valence-corrected chi connectivity index (χ0v) is 21.4. The van der Waals surface area contributed by atoms with Crippen LogP contribution in [-0.2, 0) is 17.6 Å². The number of aryl methyl sites for hydroxylation is 2. The number of carbonyl (C=O) groups is 2. The minimum Gasteiger partial charge on any atom is -0.481 e. The van der Waals surface area contributed by atoms with Gasteiger partial charge in [0, 0.05) is 23.6 Å². The van der Waals surface area contributed by atoms with E-state index in [1.54, 1.807) is 0 Å². The largest absolute Gasteiger partial charge is 0.481 e. The van der Waals surface area contributed by atoms with Crippen molar-refractivity contribution in [3.8, 4) is 11.1 Å². The molecule has 0 aliphatic heterocycles. The predicted octanol–water partition coefficient (Wildman–Crippen LogP) is 3.70. The average Bonchev–Trinajstić information content (AvgIpc) is 2.85. The molecule has 3 rings (SSSR count). The van der Waals surface area contributed by atoms with Crippen LogP contribution in [-0.4, -0.2) is 39.5 Å². The van der Waals surface area contributed by atoms with Crippen molar-refractivity contribution in [2.24, 2.45) is 10.7 Å². The van der Waals surface area contributed by atoms with Gasteiger partial charge >= 0.3 is 5.97 Å². The molecule has 0 atom stereocenters. The first-order valence-corrected chi connectivity index (χ1v) is 12.2. The number of unbranched alkanes of at least 4 members (excludes halogenated alkanes) is 1. The van der Waals surface area contributed by atoms with Gasteiger partial charge in [-0.15, -0.1) is 0 Å². The summed E-state index contributed by atoms with van der Waals surface area (Å²) in [6.45, 7) is 0.428. The third-order valence-corrected chi connectivity index (χ3v) is 6.03. The zero-order chi connectivity index (χ0) is 26.9. The van der Waals surface area contributed by atoms with Gasteiger partial charge in [-0.05, 0) is 48.4 Å². The first-order chi connectivity index (χ1) is 17.6. The number of carboxylic acids is 1. The molecule has 0 spiro atoms. The van der Waals surface area contributed by atoms with Gasteiger partial charge in [-0.2, -0.15) is 0 Å². The summed E-state index contributed by atoms with van der Waals surface area (Å²) in [5, 5.41) is 11.7. The molecule has 2 aromatic carbocycles. The van der Waals surface area contributed by atoms with E-state index < -0.39 is 11.9 Å². The van der Waals surface area contributed by atoms with Crippen molar-refractivity contribution in [1.82, 2.24) is 15.3 Å². The predicted molar refractivity (Wildman–Crippen MR) is 146 cm³/mol. The standard InChI is InChI=1S/C25H27Cl2N7O3/c26-18-13-15(7-11-19(35)36)6-10-17(18)16-8-4-14(5-9-16)3-1-2-12-31-25(30)34-24(37)20-22(28)33-23(29)21(27)32-20/h4-6,8-10,13H,1-3,7,11-12H2,(H,35,36)(H4,28,29,33)(H3,30,31,34,37). The first kappa shape index (κ1) is 27.7. The van der Waals surface area contributed by atoms with Crippen molar-refractivity contribution in [2.45, 2.75) is 32.1 Å². The number of guanidine groups is 1. The van der Waals surface area contributed by atoms with Crippen molar-refractivity contribution in [3.63, 3.8) is 0 Å². The molecule has 0 saturated carbocycles. The second-order valence-electron chi connectivity index (χ2n) is 8.22. The second kappa shape index (κ2) is 12.9. The van der Waals surface area contributed by atoms with Gasteiger partial charge in [0.15, 0.2) is 28.4 Å². The number of benzene rings is 2. The second-order valence-corrected chi connectivity index (χ2v) is 8.98. The molecule has 194 valence electrons. The highest BCUT2D eigenvalue weighted by molar-refractivity contribution is 6.33. The number of aliphatic carboxylic acids is 1. The van der Waals surface area contributed by atoms with Crippen LogP contribution in [0.4, 0.5) is 11.6 Å². The van der Waals surface area contributed by atoms with Gasteiger partial charge in [-0.25, -0.2) is 9.97 Å². The highest BCUT2D eigenvalue weighted by Gasteiger charge is 2.16. The Balaban J connectivity index is 1.46. The molecule has 1 amide bonds. The van der Waals surface area contributed by atoms with Crippen LogP contribution in [0.2, 0.25) is 10.2 Å².